The SMILES string of the molecule is COc1ccc(N(C)CC2(CO)CCC2)c(Cl)c1. The van der Waals surface area contributed by atoms with Crippen molar-refractivity contribution in [3.8, 4) is 5.75 Å². The Morgan fingerprint density at radius 1 is 1.44 bits per heavy atom. The van der Waals surface area contributed by atoms with Gasteiger partial charge in [-0.2, -0.15) is 0 Å². The summed E-state index contributed by atoms with van der Waals surface area (Å²) in [6, 6.07) is 5.69. The minimum atomic E-state index is 0.0675. The largest absolute Gasteiger partial charge is 0.497 e. The average molecular weight is 270 g/mol. The van der Waals surface area contributed by atoms with E-state index in [9.17, 15) is 5.11 Å². The first-order chi connectivity index (χ1) is 8.60. The molecule has 1 fully saturated rings. The molecule has 1 aliphatic carbocycles. The van der Waals surface area contributed by atoms with Gasteiger partial charge in [0.1, 0.15) is 5.75 Å². The van der Waals surface area contributed by atoms with Crippen molar-refractivity contribution in [3.63, 3.8) is 0 Å². The minimum absolute atomic E-state index is 0.0675. The molecule has 100 valence electrons. The molecule has 2 rings (SSSR count). The molecule has 1 aliphatic rings. The third-order valence-electron chi connectivity index (χ3n) is 3.89. The van der Waals surface area contributed by atoms with Crippen LogP contribution in [0.1, 0.15) is 19.3 Å². The number of nitrogens with zero attached hydrogens (tertiary/aromatic N) is 1. The summed E-state index contributed by atoms with van der Waals surface area (Å²) in [7, 11) is 3.65. The van der Waals surface area contributed by atoms with E-state index in [1.54, 1.807) is 7.11 Å². The molecule has 0 aromatic heterocycles. The van der Waals surface area contributed by atoms with Gasteiger partial charge in [0, 0.05) is 25.1 Å². The Labute approximate surface area is 113 Å². The summed E-state index contributed by atoms with van der Waals surface area (Å²) in [6.45, 7) is 1.10. The molecular weight excluding hydrogens is 250 g/mol. The second kappa shape index (κ2) is 5.37. The third-order valence-corrected chi connectivity index (χ3v) is 4.19. The van der Waals surface area contributed by atoms with Crippen LogP contribution in [0.15, 0.2) is 18.2 Å². The predicted octanol–water partition coefficient (Wildman–Crippen LogP) is 2.95. The lowest BCUT2D eigenvalue weighted by molar-refractivity contribution is 0.0524. The maximum atomic E-state index is 9.50. The molecular formula is C14H20ClNO2. The topological polar surface area (TPSA) is 32.7 Å². The standard InChI is InChI=1S/C14H20ClNO2/c1-16(9-14(10-17)6-3-7-14)13-5-4-11(18-2)8-12(13)15/h4-5,8,17H,3,6-7,9-10H2,1-2H3. The van der Waals surface area contributed by atoms with E-state index in [0.29, 0.717) is 5.02 Å². The smallest absolute Gasteiger partial charge is 0.120 e. The zero-order valence-electron chi connectivity index (χ0n) is 10.9. The van der Waals surface area contributed by atoms with E-state index in [-0.39, 0.29) is 12.0 Å². The lowest BCUT2D eigenvalue weighted by Crippen LogP contribution is -2.43. The van der Waals surface area contributed by atoms with Crippen LogP contribution in [0.25, 0.3) is 0 Å². The van der Waals surface area contributed by atoms with Crippen molar-refractivity contribution in [2.24, 2.45) is 5.41 Å². The number of ether oxygens (including phenoxy) is 1. The molecule has 0 atom stereocenters. The van der Waals surface area contributed by atoms with Crippen LogP contribution in [0.3, 0.4) is 0 Å². The fourth-order valence-corrected chi connectivity index (χ4v) is 2.87. The van der Waals surface area contributed by atoms with E-state index in [4.69, 9.17) is 16.3 Å². The van der Waals surface area contributed by atoms with Crippen LogP contribution in [0.4, 0.5) is 5.69 Å². The number of aliphatic hydroxyl groups is 1. The van der Waals surface area contributed by atoms with Gasteiger partial charge in [-0.15, -0.1) is 0 Å². The highest BCUT2D eigenvalue weighted by molar-refractivity contribution is 6.33. The van der Waals surface area contributed by atoms with E-state index in [2.05, 4.69) is 4.90 Å². The summed E-state index contributed by atoms with van der Waals surface area (Å²) >= 11 is 6.25. The minimum Gasteiger partial charge on any atom is -0.497 e. The molecule has 0 radical (unpaired) electrons. The molecule has 1 aromatic carbocycles. The van der Waals surface area contributed by atoms with Crippen molar-refractivity contribution >= 4 is 17.3 Å². The molecule has 1 N–H and O–H groups in total. The van der Waals surface area contributed by atoms with Gasteiger partial charge in [0.25, 0.3) is 0 Å². The first-order valence-corrected chi connectivity index (χ1v) is 6.63. The van der Waals surface area contributed by atoms with E-state index in [0.717, 1.165) is 30.8 Å². The van der Waals surface area contributed by atoms with Crippen molar-refractivity contribution < 1.29 is 9.84 Å². The van der Waals surface area contributed by atoms with Gasteiger partial charge in [-0.3, -0.25) is 0 Å². The molecule has 18 heavy (non-hydrogen) atoms. The van der Waals surface area contributed by atoms with Crippen LogP contribution in [-0.2, 0) is 0 Å². The predicted molar refractivity (Wildman–Crippen MR) is 74.6 cm³/mol. The van der Waals surface area contributed by atoms with Crippen LogP contribution >= 0.6 is 11.6 Å². The number of halogens is 1. The van der Waals surface area contributed by atoms with Crippen LogP contribution in [0, 0.1) is 5.41 Å². The van der Waals surface area contributed by atoms with E-state index in [1.165, 1.54) is 6.42 Å². The van der Waals surface area contributed by atoms with Crippen LogP contribution in [-0.4, -0.2) is 32.4 Å². The van der Waals surface area contributed by atoms with Crippen molar-refractivity contribution in [2.75, 3.05) is 32.2 Å². The van der Waals surface area contributed by atoms with Gasteiger partial charge in [-0.05, 0) is 25.0 Å². The molecule has 0 aliphatic heterocycles. The van der Waals surface area contributed by atoms with Gasteiger partial charge >= 0.3 is 0 Å². The van der Waals surface area contributed by atoms with Gasteiger partial charge in [0.05, 0.1) is 24.4 Å². The Kier molecular flexibility index (Phi) is 4.03. The Hall–Kier alpha value is -0.930. The number of benzene rings is 1. The van der Waals surface area contributed by atoms with Gasteiger partial charge < -0.3 is 14.7 Å². The van der Waals surface area contributed by atoms with Crippen molar-refractivity contribution in [1.82, 2.24) is 0 Å². The Bertz CT molecular complexity index is 413. The zero-order valence-corrected chi connectivity index (χ0v) is 11.7. The fraction of sp³-hybridized carbons (Fsp3) is 0.571. The molecule has 0 bridgehead atoms. The maximum Gasteiger partial charge on any atom is 0.120 e. The maximum absolute atomic E-state index is 9.50. The Morgan fingerprint density at radius 3 is 2.61 bits per heavy atom. The molecule has 0 saturated heterocycles. The fourth-order valence-electron chi connectivity index (χ4n) is 2.56. The Morgan fingerprint density at radius 2 is 2.17 bits per heavy atom. The van der Waals surface area contributed by atoms with E-state index >= 15 is 0 Å². The number of hydrogen-bond acceptors (Lipinski definition) is 3. The highest BCUT2D eigenvalue weighted by Crippen LogP contribution is 2.42. The van der Waals surface area contributed by atoms with Crippen molar-refractivity contribution in [2.45, 2.75) is 19.3 Å². The number of rotatable bonds is 5. The van der Waals surface area contributed by atoms with E-state index in [1.807, 2.05) is 25.2 Å². The van der Waals surface area contributed by atoms with Crippen LogP contribution < -0.4 is 9.64 Å². The van der Waals surface area contributed by atoms with Crippen molar-refractivity contribution in [3.05, 3.63) is 23.2 Å². The molecule has 0 heterocycles. The van der Waals surface area contributed by atoms with Crippen molar-refractivity contribution in [1.29, 1.82) is 0 Å². The number of hydrogen-bond donors (Lipinski definition) is 1. The highest BCUT2D eigenvalue weighted by atomic mass is 35.5. The second-order valence-electron chi connectivity index (χ2n) is 5.19. The molecule has 0 unspecified atom stereocenters. The summed E-state index contributed by atoms with van der Waals surface area (Å²) in [4.78, 5) is 2.12. The zero-order chi connectivity index (χ0) is 13.2. The molecule has 1 aromatic rings. The molecule has 0 spiro atoms. The highest BCUT2D eigenvalue weighted by Gasteiger charge is 2.37. The van der Waals surface area contributed by atoms with E-state index < -0.39 is 0 Å². The quantitative estimate of drug-likeness (QED) is 0.892. The average Bonchev–Trinajstić information content (AvgIpc) is 2.33. The number of methoxy groups -OCH3 is 1. The summed E-state index contributed by atoms with van der Waals surface area (Å²) < 4.78 is 5.14. The first kappa shape index (κ1) is 13.5. The normalized spacial score (nSPS) is 17.1. The molecule has 3 nitrogen and oxygen atoms in total. The Balaban J connectivity index is 2.11. The first-order valence-electron chi connectivity index (χ1n) is 6.26. The summed E-state index contributed by atoms with van der Waals surface area (Å²) in [5.74, 6) is 0.762. The second-order valence-corrected chi connectivity index (χ2v) is 5.59. The van der Waals surface area contributed by atoms with Gasteiger partial charge in [-0.25, -0.2) is 0 Å². The van der Waals surface area contributed by atoms with Gasteiger partial charge in [0.15, 0.2) is 0 Å². The third kappa shape index (κ3) is 2.57. The number of anilines is 1. The van der Waals surface area contributed by atoms with Crippen LogP contribution in [0.2, 0.25) is 5.02 Å². The lowest BCUT2D eigenvalue weighted by atomic mass is 9.69. The van der Waals surface area contributed by atoms with Crippen LogP contribution in [0.5, 0.6) is 5.75 Å². The monoisotopic (exact) mass is 269 g/mol. The van der Waals surface area contributed by atoms with Gasteiger partial charge in [0.2, 0.25) is 0 Å². The lowest BCUT2D eigenvalue weighted by Gasteiger charge is -2.43. The van der Waals surface area contributed by atoms with Gasteiger partial charge in [-0.1, -0.05) is 18.0 Å². The molecule has 0 amide bonds. The summed E-state index contributed by atoms with van der Waals surface area (Å²) in [5, 5.41) is 10.2. The summed E-state index contributed by atoms with van der Waals surface area (Å²) in [6.07, 6.45) is 3.41. The molecule has 4 heteroatoms. The summed E-state index contributed by atoms with van der Waals surface area (Å²) in [5.41, 5.74) is 1.05. The number of aliphatic hydroxyl groups excluding tert-OH is 1. The molecule has 1 saturated carbocycles.